The molecule has 6 heteroatoms. The maximum Gasteiger partial charge on any atom is 0.270 e. The highest BCUT2D eigenvalue weighted by molar-refractivity contribution is 6.21. The molecule has 3 rings (SSSR count). The molecule has 1 atom stereocenters. The lowest BCUT2D eigenvalue weighted by atomic mass is 10.0. The van der Waals surface area contributed by atoms with Crippen molar-refractivity contribution in [1.82, 2.24) is 4.42 Å². The van der Waals surface area contributed by atoms with Crippen LogP contribution in [0.15, 0.2) is 78.9 Å². The van der Waals surface area contributed by atoms with E-state index in [0.29, 0.717) is 5.56 Å². The molecule has 29 heavy (non-hydrogen) atoms. The number of nitrogens with zero attached hydrogens (tertiary/aromatic N) is 1. The summed E-state index contributed by atoms with van der Waals surface area (Å²) < 4.78 is 6.55. The van der Waals surface area contributed by atoms with Gasteiger partial charge in [0.05, 0.1) is 6.54 Å². The summed E-state index contributed by atoms with van der Waals surface area (Å²) in [5.74, 6) is -0.356. The number of hydrogen-bond donors (Lipinski definition) is 2. The molecule has 5 nitrogen and oxygen atoms in total. The van der Waals surface area contributed by atoms with E-state index in [1.54, 1.807) is 24.3 Å². The number of amides is 1. The maximum atomic E-state index is 12.8. The Hall–Kier alpha value is -3.15. The Morgan fingerprint density at radius 3 is 2.14 bits per heavy atom. The SMILES string of the molecule is COC(C(=O)N(Cl)Cc1ccc(C(=N)N)cc1)c1ccc(-c2ccccc2)cc1. The number of amidine groups is 1. The van der Waals surface area contributed by atoms with Crippen molar-refractivity contribution < 1.29 is 9.53 Å². The monoisotopic (exact) mass is 407 g/mol. The molecule has 0 saturated heterocycles. The molecule has 0 aliphatic rings. The van der Waals surface area contributed by atoms with Crippen molar-refractivity contribution in [3.63, 3.8) is 0 Å². The Bertz CT molecular complexity index is 973. The number of carbonyl (C=O) groups is 1. The Labute approximate surface area is 175 Å². The van der Waals surface area contributed by atoms with Gasteiger partial charge in [-0.2, -0.15) is 0 Å². The molecule has 3 N–H and O–H groups in total. The summed E-state index contributed by atoms with van der Waals surface area (Å²) in [6.45, 7) is 0.209. The second kappa shape index (κ2) is 9.37. The van der Waals surface area contributed by atoms with Crippen LogP contribution in [0.5, 0.6) is 0 Å². The lowest BCUT2D eigenvalue weighted by Crippen LogP contribution is -2.28. The molecule has 1 amide bonds. The molecule has 0 bridgehead atoms. The molecular formula is C23H22ClN3O2. The summed E-state index contributed by atoms with van der Waals surface area (Å²) in [4.78, 5) is 12.8. The van der Waals surface area contributed by atoms with Gasteiger partial charge in [0.15, 0.2) is 6.10 Å². The minimum absolute atomic E-state index is 0.00578. The van der Waals surface area contributed by atoms with Crippen LogP contribution in [0.1, 0.15) is 22.8 Å². The quantitative estimate of drug-likeness (QED) is 0.343. The second-order valence-corrected chi connectivity index (χ2v) is 6.98. The molecule has 0 aromatic heterocycles. The molecule has 3 aromatic carbocycles. The van der Waals surface area contributed by atoms with Crippen molar-refractivity contribution in [2.75, 3.05) is 7.11 Å². The van der Waals surface area contributed by atoms with Gasteiger partial charge in [0.2, 0.25) is 0 Å². The smallest absolute Gasteiger partial charge is 0.270 e. The van der Waals surface area contributed by atoms with Gasteiger partial charge in [-0.15, -0.1) is 0 Å². The van der Waals surface area contributed by atoms with Crippen LogP contribution in [0.2, 0.25) is 0 Å². The third-order valence-corrected chi connectivity index (χ3v) is 4.89. The van der Waals surface area contributed by atoms with Gasteiger partial charge in [-0.1, -0.05) is 78.9 Å². The number of nitrogens with two attached hydrogens (primary N) is 1. The minimum Gasteiger partial charge on any atom is -0.384 e. The third kappa shape index (κ3) is 5.02. The van der Waals surface area contributed by atoms with E-state index >= 15 is 0 Å². The van der Waals surface area contributed by atoms with Crippen LogP contribution < -0.4 is 5.73 Å². The van der Waals surface area contributed by atoms with Crippen molar-refractivity contribution in [3.8, 4) is 11.1 Å². The average Bonchev–Trinajstić information content (AvgIpc) is 2.75. The predicted octanol–water partition coefficient (Wildman–Crippen LogP) is 4.51. The molecule has 3 aromatic rings. The number of nitrogens with one attached hydrogen (secondary N) is 1. The van der Waals surface area contributed by atoms with E-state index in [1.165, 1.54) is 7.11 Å². The zero-order valence-electron chi connectivity index (χ0n) is 16.0. The largest absolute Gasteiger partial charge is 0.384 e. The Balaban J connectivity index is 1.71. The minimum atomic E-state index is -0.797. The fraction of sp³-hybridized carbons (Fsp3) is 0.130. The second-order valence-electron chi connectivity index (χ2n) is 6.57. The van der Waals surface area contributed by atoms with Gasteiger partial charge in [-0.3, -0.25) is 10.2 Å². The number of ether oxygens (including phenoxy) is 1. The Kier molecular flexibility index (Phi) is 6.65. The summed E-state index contributed by atoms with van der Waals surface area (Å²) in [6.07, 6.45) is -0.797. The number of benzene rings is 3. The van der Waals surface area contributed by atoms with Gasteiger partial charge in [-0.05, 0) is 22.3 Å². The molecular weight excluding hydrogens is 386 g/mol. The van der Waals surface area contributed by atoms with Crippen LogP contribution in [0.4, 0.5) is 0 Å². The lowest BCUT2D eigenvalue weighted by molar-refractivity contribution is -0.137. The highest BCUT2D eigenvalue weighted by Crippen LogP contribution is 2.25. The number of hydrogen-bond acceptors (Lipinski definition) is 3. The third-order valence-electron chi connectivity index (χ3n) is 4.61. The van der Waals surface area contributed by atoms with Crippen LogP contribution in [-0.4, -0.2) is 23.3 Å². The predicted molar refractivity (Wildman–Crippen MR) is 115 cm³/mol. The maximum absolute atomic E-state index is 12.8. The lowest BCUT2D eigenvalue weighted by Gasteiger charge is -2.21. The van der Waals surface area contributed by atoms with Crippen molar-refractivity contribution in [2.24, 2.45) is 5.73 Å². The molecule has 0 saturated carbocycles. The molecule has 1 unspecified atom stereocenters. The molecule has 0 aliphatic heterocycles. The molecule has 0 fully saturated rings. The fourth-order valence-corrected chi connectivity index (χ4v) is 3.24. The molecule has 0 heterocycles. The van der Waals surface area contributed by atoms with E-state index in [9.17, 15) is 4.79 Å². The number of carbonyl (C=O) groups excluding carboxylic acids is 1. The van der Waals surface area contributed by atoms with Gasteiger partial charge in [-0.25, -0.2) is 4.42 Å². The number of halogens is 1. The van der Waals surface area contributed by atoms with Gasteiger partial charge in [0.1, 0.15) is 5.84 Å². The Morgan fingerprint density at radius 1 is 1.00 bits per heavy atom. The van der Waals surface area contributed by atoms with Crippen LogP contribution in [-0.2, 0) is 16.1 Å². The molecule has 148 valence electrons. The van der Waals surface area contributed by atoms with Gasteiger partial charge in [0, 0.05) is 24.4 Å². The van der Waals surface area contributed by atoms with Crippen molar-refractivity contribution in [1.29, 1.82) is 5.41 Å². The fourth-order valence-electron chi connectivity index (χ4n) is 3.02. The number of nitrogen functional groups attached to an aromatic ring is 1. The van der Waals surface area contributed by atoms with E-state index in [2.05, 4.69) is 0 Å². The van der Waals surface area contributed by atoms with E-state index in [-0.39, 0.29) is 18.3 Å². The van der Waals surface area contributed by atoms with Gasteiger partial charge < -0.3 is 10.5 Å². The zero-order valence-corrected chi connectivity index (χ0v) is 16.8. The summed E-state index contributed by atoms with van der Waals surface area (Å²) in [7, 11) is 1.49. The van der Waals surface area contributed by atoms with Gasteiger partial charge in [0.25, 0.3) is 5.91 Å². The first-order valence-corrected chi connectivity index (χ1v) is 9.42. The van der Waals surface area contributed by atoms with Crippen LogP contribution in [0, 0.1) is 5.41 Å². The zero-order chi connectivity index (χ0) is 20.8. The average molecular weight is 408 g/mol. The first-order chi connectivity index (χ1) is 14.0. The first kappa shape index (κ1) is 20.6. The number of rotatable bonds is 7. The summed E-state index contributed by atoms with van der Waals surface area (Å²) in [6, 6.07) is 24.7. The Morgan fingerprint density at radius 2 is 1.59 bits per heavy atom. The van der Waals surface area contributed by atoms with Crippen LogP contribution >= 0.6 is 11.8 Å². The molecule has 0 aliphatic carbocycles. The van der Waals surface area contributed by atoms with Gasteiger partial charge >= 0.3 is 0 Å². The van der Waals surface area contributed by atoms with E-state index in [0.717, 1.165) is 26.7 Å². The molecule has 0 radical (unpaired) electrons. The van der Waals surface area contributed by atoms with Crippen molar-refractivity contribution in [3.05, 3.63) is 95.6 Å². The highest BCUT2D eigenvalue weighted by Gasteiger charge is 2.25. The van der Waals surface area contributed by atoms with Crippen molar-refractivity contribution >= 4 is 23.5 Å². The standard InChI is InChI=1S/C23H22ClN3O2/c1-29-21(19-13-11-18(12-14-19)17-5-3-2-4-6-17)23(28)27(24)15-16-7-9-20(10-8-16)22(25)26/h2-14,21H,15H2,1H3,(H3,25,26). The van der Waals surface area contributed by atoms with Crippen LogP contribution in [0.25, 0.3) is 11.1 Å². The van der Waals surface area contributed by atoms with E-state index < -0.39 is 6.10 Å². The van der Waals surface area contributed by atoms with Crippen LogP contribution in [0.3, 0.4) is 0 Å². The normalized spacial score (nSPS) is 11.7. The highest BCUT2D eigenvalue weighted by atomic mass is 35.5. The van der Waals surface area contributed by atoms with Crippen molar-refractivity contribution in [2.45, 2.75) is 12.6 Å². The molecule has 0 spiro atoms. The number of methoxy groups -OCH3 is 1. The summed E-state index contributed by atoms with van der Waals surface area (Å²) in [5.41, 5.74) is 9.80. The van der Waals surface area contributed by atoms with E-state index in [4.69, 9.17) is 27.7 Å². The topological polar surface area (TPSA) is 79.4 Å². The van der Waals surface area contributed by atoms with E-state index in [1.807, 2.05) is 54.6 Å². The summed E-state index contributed by atoms with van der Waals surface area (Å²) in [5, 5.41) is 7.43. The first-order valence-electron chi connectivity index (χ1n) is 9.08. The summed E-state index contributed by atoms with van der Waals surface area (Å²) >= 11 is 6.26.